The Labute approximate surface area is 172 Å². The van der Waals surface area contributed by atoms with Crippen LogP contribution in [0.3, 0.4) is 0 Å². The lowest BCUT2D eigenvalue weighted by atomic mass is 10.1. The summed E-state index contributed by atoms with van der Waals surface area (Å²) in [5.74, 6) is -0.0632. The van der Waals surface area contributed by atoms with E-state index in [0.29, 0.717) is 18.5 Å². The van der Waals surface area contributed by atoms with Gasteiger partial charge in [-0.15, -0.1) is 11.3 Å². The predicted octanol–water partition coefficient (Wildman–Crippen LogP) is 3.61. The molecular weight excluding hydrogens is 384 g/mol. The van der Waals surface area contributed by atoms with Gasteiger partial charge in [-0.2, -0.15) is 0 Å². The third-order valence-corrected chi connectivity index (χ3v) is 6.56. The Morgan fingerprint density at radius 2 is 2.07 bits per heavy atom. The van der Waals surface area contributed by atoms with Crippen molar-refractivity contribution in [2.75, 3.05) is 6.54 Å². The average molecular weight is 409 g/mol. The molecule has 1 aromatic carbocycles. The van der Waals surface area contributed by atoms with Crippen molar-refractivity contribution in [3.05, 3.63) is 62.6 Å². The molecule has 150 valence electrons. The smallest absolute Gasteiger partial charge is 0.262 e. The number of H-pyrrole nitrogens is 1. The molecule has 0 aliphatic carbocycles. The highest BCUT2D eigenvalue weighted by Gasteiger charge is 2.13. The van der Waals surface area contributed by atoms with Crippen LogP contribution in [0.15, 0.2) is 35.5 Å². The molecule has 0 saturated carbocycles. The minimum atomic E-state index is -0.0704. The fourth-order valence-electron chi connectivity index (χ4n) is 3.72. The minimum Gasteiger partial charge on any atom is -0.361 e. The van der Waals surface area contributed by atoms with Crippen LogP contribution >= 0.6 is 11.3 Å². The van der Waals surface area contributed by atoms with E-state index in [1.165, 1.54) is 32.4 Å². The summed E-state index contributed by atoms with van der Waals surface area (Å²) in [5.41, 5.74) is 4.46. The molecule has 0 spiro atoms. The van der Waals surface area contributed by atoms with Gasteiger partial charge in [-0.05, 0) is 49.9 Å². The molecular formula is C22H24N4O2S. The van der Waals surface area contributed by atoms with Gasteiger partial charge in [-0.1, -0.05) is 12.1 Å². The summed E-state index contributed by atoms with van der Waals surface area (Å²) in [6, 6.07) is 6.19. The first-order chi connectivity index (χ1) is 14.0. The molecule has 2 N–H and O–H groups in total. The van der Waals surface area contributed by atoms with E-state index < -0.39 is 0 Å². The number of fused-ring (bicyclic) bond motifs is 2. The lowest BCUT2D eigenvalue weighted by molar-refractivity contribution is -0.121. The Balaban J connectivity index is 1.36. The summed E-state index contributed by atoms with van der Waals surface area (Å²) in [6.45, 7) is 6.93. The number of thiophene rings is 1. The van der Waals surface area contributed by atoms with Gasteiger partial charge in [0.15, 0.2) is 0 Å². The number of nitrogens with zero attached hydrogens (tertiary/aromatic N) is 2. The van der Waals surface area contributed by atoms with Crippen LogP contribution in [-0.2, 0) is 17.8 Å². The summed E-state index contributed by atoms with van der Waals surface area (Å²) < 4.78 is 1.53. The highest BCUT2D eigenvalue weighted by molar-refractivity contribution is 7.18. The van der Waals surface area contributed by atoms with Gasteiger partial charge in [0.2, 0.25) is 5.91 Å². The van der Waals surface area contributed by atoms with E-state index in [-0.39, 0.29) is 17.9 Å². The van der Waals surface area contributed by atoms with Crippen LogP contribution in [0.25, 0.3) is 21.1 Å². The van der Waals surface area contributed by atoms with E-state index in [1.54, 1.807) is 6.33 Å². The van der Waals surface area contributed by atoms with Crippen molar-refractivity contribution in [1.82, 2.24) is 19.9 Å². The minimum absolute atomic E-state index is 0.0632. The highest BCUT2D eigenvalue weighted by atomic mass is 32.1. The summed E-state index contributed by atoms with van der Waals surface area (Å²) in [6.07, 6.45) is 4.57. The van der Waals surface area contributed by atoms with Crippen LogP contribution in [0.5, 0.6) is 0 Å². The number of hydrogen-bond acceptors (Lipinski definition) is 4. The van der Waals surface area contributed by atoms with E-state index in [1.807, 2.05) is 26.1 Å². The topological polar surface area (TPSA) is 79.8 Å². The Bertz CT molecular complexity index is 1270. The molecule has 0 bridgehead atoms. The van der Waals surface area contributed by atoms with Crippen molar-refractivity contribution in [2.45, 2.75) is 40.2 Å². The van der Waals surface area contributed by atoms with Crippen LogP contribution < -0.4 is 10.9 Å². The number of hydrogen-bond donors (Lipinski definition) is 2. The standard InChI is InChI=1S/C22H24N4O2S/c1-13-5-4-6-17-19(13)16(11-24-17)7-9-23-18(27)8-10-26-12-25-21-20(22(26)28)14(2)15(3)29-21/h4-6,11-12,24H,7-10H2,1-3H3,(H,23,27). The molecule has 0 radical (unpaired) electrons. The first-order valence-corrected chi connectivity index (χ1v) is 10.5. The monoisotopic (exact) mass is 408 g/mol. The molecule has 6 nitrogen and oxygen atoms in total. The number of carbonyl (C=O) groups excluding carboxylic acids is 1. The zero-order valence-corrected chi connectivity index (χ0v) is 17.7. The SMILES string of the molecule is Cc1sc2ncn(CCC(=O)NCCc3c[nH]c4cccc(C)c34)c(=O)c2c1C. The number of aryl methyl sites for hydroxylation is 4. The summed E-state index contributed by atoms with van der Waals surface area (Å²) in [4.78, 5) is 34.5. The molecule has 0 aliphatic rings. The maximum Gasteiger partial charge on any atom is 0.262 e. The molecule has 0 saturated heterocycles. The largest absolute Gasteiger partial charge is 0.361 e. The van der Waals surface area contributed by atoms with Crippen molar-refractivity contribution in [3.8, 4) is 0 Å². The molecule has 1 amide bonds. The molecule has 0 fully saturated rings. The molecule has 4 rings (SSSR count). The van der Waals surface area contributed by atoms with E-state index >= 15 is 0 Å². The van der Waals surface area contributed by atoms with Gasteiger partial charge >= 0.3 is 0 Å². The van der Waals surface area contributed by atoms with Gasteiger partial charge in [-0.25, -0.2) is 4.98 Å². The molecule has 3 aromatic heterocycles. The van der Waals surface area contributed by atoms with E-state index in [9.17, 15) is 9.59 Å². The number of nitrogens with one attached hydrogen (secondary N) is 2. The quantitative estimate of drug-likeness (QED) is 0.511. The van der Waals surface area contributed by atoms with Crippen molar-refractivity contribution in [3.63, 3.8) is 0 Å². The fraction of sp³-hybridized carbons (Fsp3) is 0.318. The third-order valence-electron chi connectivity index (χ3n) is 5.45. The van der Waals surface area contributed by atoms with Crippen molar-refractivity contribution >= 4 is 38.4 Å². The van der Waals surface area contributed by atoms with Crippen LogP contribution in [-0.4, -0.2) is 27.0 Å². The molecule has 29 heavy (non-hydrogen) atoms. The Kier molecular flexibility index (Phi) is 5.24. The van der Waals surface area contributed by atoms with Crippen LogP contribution in [0.4, 0.5) is 0 Å². The van der Waals surface area contributed by atoms with E-state index in [2.05, 4.69) is 34.3 Å². The number of aromatic amines is 1. The van der Waals surface area contributed by atoms with Gasteiger partial charge in [0, 0.05) is 41.5 Å². The highest BCUT2D eigenvalue weighted by Crippen LogP contribution is 2.25. The van der Waals surface area contributed by atoms with Crippen molar-refractivity contribution in [2.24, 2.45) is 0 Å². The molecule has 0 atom stereocenters. The number of amides is 1. The van der Waals surface area contributed by atoms with E-state index in [0.717, 1.165) is 27.2 Å². The second-order valence-corrected chi connectivity index (χ2v) is 8.57. The van der Waals surface area contributed by atoms with Gasteiger partial charge in [0.05, 0.1) is 11.7 Å². The molecule has 3 heterocycles. The second kappa shape index (κ2) is 7.83. The molecule has 0 aliphatic heterocycles. The summed E-state index contributed by atoms with van der Waals surface area (Å²) >= 11 is 1.53. The Morgan fingerprint density at radius 3 is 2.90 bits per heavy atom. The maximum absolute atomic E-state index is 12.7. The second-order valence-electron chi connectivity index (χ2n) is 7.37. The van der Waals surface area contributed by atoms with Gasteiger partial charge in [-0.3, -0.25) is 14.2 Å². The molecule has 0 unspecified atom stereocenters. The van der Waals surface area contributed by atoms with Crippen LogP contribution in [0, 0.1) is 20.8 Å². The summed E-state index contributed by atoms with van der Waals surface area (Å²) in [5, 5.41) is 4.86. The van der Waals surface area contributed by atoms with Gasteiger partial charge < -0.3 is 10.3 Å². The Hall–Kier alpha value is -2.93. The third kappa shape index (κ3) is 3.70. The average Bonchev–Trinajstić information content (AvgIpc) is 3.24. The van der Waals surface area contributed by atoms with Crippen molar-refractivity contribution in [1.29, 1.82) is 0 Å². The number of benzene rings is 1. The summed E-state index contributed by atoms with van der Waals surface area (Å²) in [7, 11) is 0. The number of carbonyl (C=O) groups is 1. The van der Waals surface area contributed by atoms with E-state index in [4.69, 9.17) is 0 Å². The van der Waals surface area contributed by atoms with Crippen LogP contribution in [0.2, 0.25) is 0 Å². The van der Waals surface area contributed by atoms with Gasteiger partial charge in [0.25, 0.3) is 5.56 Å². The lowest BCUT2D eigenvalue weighted by Crippen LogP contribution is -2.29. The zero-order valence-electron chi connectivity index (χ0n) is 16.8. The predicted molar refractivity (Wildman–Crippen MR) is 118 cm³/mol. The number of aromatic nitrogens is 3. The lowest BCUT2D eigenvalue weighted by Gasteiger charge is -2.07. The Morgan fingerprint density at radius 1 is 1.24 bits per heavy atom. The molecule has 4 aromatic rings. The van der Waals surface area contributed by atoms with Crippen molar-refractivity contribution < 1.29 is 4.79 Å². The zero-order chi connectivity index (χ0) is 20.5. The van der Waals surface area contributed by atoms with Gasteiger partial charge in [0.1, 0.15) is 4.83 Å². The fourth-order valence-corrected chi connectivity index (χ4v) is 4.71. The first kappa shape index (κ1) is 19.4. The normalized spacial score (nSPS) is 11.4. The van der Waals surface area contributed by atoms with Crippen LogP contribution in [0.1, 0.15) is 28.0 Å². The number of rotatable bonds is 6. The molecule has 7 heteroatoms. The maximum atomic E-state index is 12.7. The first-order valence-electron chi connectivity index (χ1n) is 9.73.